The Morgan fingerprint density at radius 1 is 0.848 bits per heavy atom. The van der Waals surface area contributed by atoms with Gasteiger partial charge in [-0.3, -0.25) is 4.79 Å². The number of hydrogen-bond donors (Lipinski definition) is 1. The Bertz CT molecular complexity index is 1440. The Morgan fingerprint density at radius 3 is 2.12 bits per heavy atom. The number of benzene rings is 3. The van der Waals surface area contributed by atoms with Gasteiger partial charge in [0, 0.05) is 24.7 Å². The molecule has 170 valence electrons. The van der Waals surface area contributed by atoms with Crippen LogP contribution in [0.1, 0.15) is 22.3 Å². The quantitative estimate of drug-likeness (QED) is 0.437. The van der Waals surface area contributed by atoms with Crippen LogP contribution in [0.5, 0.6) is 5.75 Å². The molecule has 0 saturated carbocycles. The summed E-state index contributed by atoms with van der Waals surface area (Å²) in [6.07, 6.45) is 0. The van der Waals surface area contributed by atoms with Gasteiger partial charge in [0.25, 0.3) is 5.56 Å². The highest BCUT2D eigenvalue weighted by Crippen LogP contribution is 2.23. The van der Waals surface area contributed by atoms with Gasteiger partial charge in [-0.25, -0.2) is 8.42 Å². The molecule has 0 amide bonds. The number of methoxy groups -OCH3 is 1. The maximum atomic E-state index is 13.6. The van der Waals surface area contributed by atoms with Gasteiger partial charge >= 0.3 is 0 Å². The predicted molar refractivity (Wildman–Crippen MR) is 130 cm³/mol. The van der Waals surface area contributed by atoms with Gasteiger partial charge in [0.05, 0.1) is 17.5 Å². The molecule has 6 nitrogen and oxygen atoms in total. The van der Waals surface area contributed by atoms with E-state index in [0.29, 0.717) is 16.8 Å². The van der Waals surface area contributed by atoms with Crippen LogP contribution < -0.4 is 10.3 Å². The molecule has 0 aliphatic carbocycles. The molecule has 0 spiro atoms. The number of pyridine rings is 1. The monoisotopic (exact) mass is 462 g/mol. The second-order valence-electron chi connectivity index (χ2n) is 8.15. The fourth-order valence-electron chi connectivity index (χ4n) is 3.64. The molecule has 1 aromatic heterocycles. The minimum atomic E-state index is -3.84. The molecule has 0 fully saturated rings. The predicted octanol–water partition coefficient (Wildman–Crippen LogP) is 4.54. The fraction of sp³-hybridized carbons (Fsp3) is 0.192. The van der Waals surface area contributed by atoms with Gasteiger partial charge in [0.2, 0.25) is 10.0 Å². The SMILES string of the molecule is COc1ccc2cc(CN(Cc3ccc(C)cc3)S(=O)(=O)c3ccc(C)cc3)c(=O)[nH]c2c1. The highest BCUT2D eigenvalue weighted by atomic mass is 32.2. The number of fused-ring (bicyclic) bond motifs is 1. The second kappa shape index (κ2) is 9.21. The van der Waals surface area contributed by atoms with Crippen LogP contribution in [0.3, 0.4) is 0 Å². The van der Waals surface area contributed by atoms with Gasteiger partial charge in [-0.15, -0.1) is 0 Å². The zero-order valence-corrected chi connectivity index (χ0v) is 19.6. The Hall–Kier alpha value is -3.42. The number of nitrogens with one attached hydrogen (secondary N) is 1. The molecule has 0 bridgehead atoms. The molecule has 3 aromatic carbocycles. The van der Waals surface area contributed by atoms with Crippen LogP contribution in [0.4, 0.5) is 0 Å². The van der Waals surface area contributed by atoms with Crippen molar-refractivity contribution in [1.82, 2.24) is 9.29 Å². The summed E-state index contributed by atoms with van der Waals surface area (Å²) >= 11 is 0. The Balaban J connectivity index is 1.76. The van der Waals surface area contributed by atoms with E-state index in [1.807, 2.05) is 44.2 Å². The van der Waals surface area contributed by atoms with Gasteiger partial charge < -0.3 is 9.72 Å². The summed E-state index contributed by atoms with van der Waals surface area (Å²) in [5.41, 5.74) is 3.58. The number of H-pyrrole nitrogens is 1. The van der Waals surface area contributed by atoms with Gasteiger partial charge in [-0.2, -0.15) is 4.31 Å². The molecule has 0 aliphatic heterocycles. The number of aryl methyl sites for hydroxylation is 2. The summed E-state index contributed by atoms with van der Waals surface area (Å²) in [6, 6.07) is 21.6. The molecule has 1 N–H and O–H groups in total. The van der Waals surface area contributed by atoms with Crippen LogP contribution in [0.2, 0.25) is 0 Å². The Kier molecular flexibility index (Phi) is 6.35. The summed E-state index contributed by atoms with van der Waals surface area (Å²) < 4.78 is 33.7. The minimum absolute atomic E-state index is 0.0542. The maximum absolute atomic E-state index is 13.6. The van der Waals surface area contributed by atoms with Crippen LogP contribution in [0.25, 0.3) is 10.9 Å². The molecule has 0 radical (unpaired) electrons. The van der Waals surface area contributed by atoms with Crippen LogP contribution in [-0.2, 0) is 23.1 Å². The molecular weight excluding hydrogens is 436 g/mol. The lowest BCUT2D eigenvalue weighted by atomic mass is 10.1. The van der Waals surface area contributed by atoms with E-state index < -0.39 is 10.0 Å². The van der Waals surface area contributed by atoms with Gasteiger partial charge in [-0.05, 0) is 55.1 Å². The lowest BCUT2D eigenvalue weighted by Crippen LogP contribution is -2.32. The molecule has 33 heavy (non-hydrogen) atoms. The standard InChI is InChI=1S/C26H26N2O4S/c1-18-4-8-20(9-5-18)16-28(33(30,31)24-12-6-19(2)7-13-24)17-22-14-21-10-11-23(32-3)15-25(21)27-26(22)29/h4-15H,16-17H2,1-3H3,(H,27,29). The summed E-state index contributed by atoms with van der Waals surface area (Å²) in [7, 11) is -2.28. The second-order valence-corrected chi connectivity index (χ2v) is 10.1. The molecule has 7 heteroatoms. The zero-order chi connectivity index (χ0) is 23.6. The van der Waals surface area contributed by atoms with Gasteiger partial charge in [0.1, 0.15) is 5.75 Å². The number of nitrogens with zero attached hydrogens (tertiary/aromatic N) is 1. The molecule has 0 atom stereocenters. The molecule has 0 unspecified atom stereocenters. The summed E-state index contributed by atoms with van der Waals surface area (Å²) in [5.74, 6) is 0.633. The topological polar surface area (TPSA) is 79.5 Å². The maximum Gasteiger partial charge on any atom is 0.252 e. The lowest BCUT2D eigenvalue weighted by molar-refractivity contribution is 0.400. The molecule has 1 heterocycles. The largest absolute Gasteiger partial charge is 0.497 e. The third kappa shape index (κ3) is 4.99. The Labute approximate surface area is 193 Å². The average Bonchev–Trinajstić information content (AvgIpc) is 2.80. The van der Waals surface area contributed by atoms with E-state index in [2.05, 4.69) is 4.98 Å². The number of rotatable bonds is 7. The van der Waals surface area contributed by atoms with Crippen molar-refractivity contribution in [1.29, 1.82) is 0 Å². The number of aromatic amines is 1. The van der Waals surface area contributed by atoms with Crippen LogP contribution in [0.15, 0.2) is 82.5 Å². The van der Waals surface area contributed by atoms with E-state index in [4.69, 9.17) is 4.74 Å². The third-order valence-corrected chi connectivity index (χ3v) is 7.42. The number of sulfonamides is 1. The van der Waals surface area contributed by atoms with Crippen molar-refractivity contribution >= 4 is 20.9 Å². The normalized spacial score (nSPS) is 11.8. The smallest absolute Gasteiger partial charge is 0.252 e. The molecule has 0 saturated heterocycles. The average molecular weight is 463 g/mol. The van der Waals surface area contributed by atoms with Crippen molar-refractivity contribution < 1.29 is 13.2 Å². The van der Waals surface area contributed by atoms with E-state index in [1.165, 1.54) is 4.31 Å². The summed E-state index contributed by atoms with van der Waals surface area (Å²) in [5, 5.41) is 0.799. The first-order valence-corrected chi connectivity index (χ1v) is 12.0. The Morgan fingerprint density at radius 2 is 1.48 bits per heavy atom. The first-order valence-electron chi connectivity index (χ1n) is 10.6. The highest BCUT2D eigenvalue weighted by molar-refractivity contribution is 7.89. The zero-order valence-electron chi connectivity index (χ0n) is 18.8. The van der Waals surface area contributed by atoms with Crippen molar-refractivity contribution in [2.75, 3.05) is 7.11 Å². The number of aromatic nitrogens is 1. The van der Waals surface area contributed by atoms with Crippen LogP contribution in [0, 0.1) is 13.8 Å². The number of ether oxygens (including phenoxy) is 1. The van der Waals surface area contributed by atoms with Crippen molar-refractivity contribution in [3.8, 4) is 5.75 Å². The van der Waals surface area contributed by atoms with E-state index in [9.17, 15) is 13.2 Å². The molecule has 0 aliphatic rings. The van der Waals surface area contributed by atoms with E-state index >= 15 is 0 Å². The van der Waals surface area contributed by atoms with Gasteiger partial charge in [-0.1, -0.05) is 47.5 Å². The summed E-state index contributed by atoms with van der Waals surface area (Å²) in [4.78, 5) is 15.9. The van der Waals surface area contributed by atoms with E-state index in [-0.39, 0.29) is 23.5 Å². The van der Waals surface area contributed by atoms with Crippen molar-refractivity contribution in [3.05, 3.63) is 105 Å². The van der Waals surface area contributed by atoms with E-state index in [0.717, 1.165) is 22.1 Å². The molecule has 4 rings (SSSR count). The highest BCUT2D eigenvalue weighted by Gasteiger charge is 2.26. The van der Waals surface area contributed by atoms with Crippen LogP contribution in [-0.4, -0.2) is 24.8 Å². The van der Waals surface area contributed by atoms with Crippen molar-refractivity contribution in [3.63, 3.8) is 0 Å². The molecule has 4 aromatic rings. The number of hydrogen-bond acceptors (Lipinski definition) is 4. The lowest BCUT2D eigenvalue weighted by Gasteiger charge is -2.22. The first-order chi connectivity index (χ1) is 15.8. The van der Waals surface area contributed by atoms with E-state index in [1.54, 1.807) is 49.6 Å². The fourth-order valence-corrected chi connectivity index (χ4v) is 5.05. The minimum Gasteiger partial charge on any atom is -0.497 e. The first kappa shape index (κ1) is 22.8. The van der Waals surface area contributed by atoms with Crippen molar-refractivity contribution in [2.24, 2.45) is 0 Å². The molecular formula is C26H26N2O4S. The van der Waals surface area contributed by atoms with Crippen molar-refractivity contribution in [2.45, 2.75) is 31.8 Å². The summed E-state index contributed by atoms with van der Waals surface area (Å²) in [6.45, 7) is 3.98. The van der Waals surface area contributed by atoms with Gasteiger partial charge in [0.15, 0.2) is 0 Å². The van der Waals surface area contributed by atoms with Crippen LogP contribution >= 0.6 is 0 Å². The third-order valence-electron chi connectivity index (χ3n) is 5.62.